The molecular weight excluding hydrogens is 348 g/mol. The van der Waals surface area contributed by atoms with Crippen molar-refractivity contribution in [2.75, 3.05) is 32.9 Å². The SMILES string of the molecule is O=C(/C=C\c1ccsc1)N[C@@H](CO)c1cccc(CN2CCOCC2)c1. The van der Waals surface area contributed by atoms with Gasteiger partial charge >= 0.3 is 0 Å². The molecule has 0 saturated carbocycles. The number of carbonyl (C=O) groups excluding carboxylic acids is 1. The van der Waals surface area contributed by atoms with Crippen molar-refractivity contribution in [1.29, 1.82) is 0 Å². The quantitative estimate of drug-likeness (QED) is 0.733. The summed E-state index contributed by atoms with van der Waals surface area (Å²) in [5, 5.41) is 16.5. The number of aliphatic hydroxyl groups excluding tert-OH is 1. The van der Waals surface area contributed by atoms with Gasteiger partial charge in [0.05, 0.1) is 25.9 Å². The normalized spacial score (nSPS) is 16.7. The second-order valence-electron chi connectivity index (χ2n) is 6.27. The van der Waals surface area contributed by atoms with Gasteiger partial charge in [0.2, 0.25) is 5.91 Å². The van der Waals surface area contributed by atoms with Crippen LogP contribution in [0.25, 0.3) is 6.08 Å². The van der Waals surface area contributed by atoms with Crippen LogP contribution < -0.4 is 5.32 Å². The van der Waals surface area contributed by atoms with Crippen molar-refractivity contribution in [3.05, 3.63) is 63.9 Å². The van der Waals surface area contributed by atoms with Gasteiger partial charge in [0.1, 0.15) is 0 Å². The van der Waals surface area contributed by atoms with Gasteiger partial charge in [-0.05, 0) is 39.6 Å². The van der Waals surface area contributed by atoms with Crippen LogP contribution in [0.5, 0.6) is 0 Å². The van der Waals surface area contributed by atoms with Gasteiger partial charge in [-0.3, -0.25) is 9.69 Å². The number of hydrogen-bond donors (Lipinski definition) is 2. The second-order valence-corrected chi connectivity index (χ2v) is 7.05. The molecule has 0 bridgehead atoms. The van der Waals surface area contributed by atoms with Gasteiger partial charge in [0.15, 0.2) is 0 Å². The number of hydrogen-bond acceptors (Lipinski definition) is 5. The number of ether oxygens (including phenoxy) is 1. The fourth-order valence-corrected chi connectivity index (χ4v) is 3.55. The summed E-state index contributed by atoms with van der Waals surface area (Å²) in [6.45, 7) is 4.10. The summed E-state index contributed by atoms with van der Waals surface area (Å²) in [4.78, 5) is 14.5. The van der Waals surface area contributed by atoms with Crippen LogP contribution in [0.2, 0.25) is 0 Å². The van der Waals surface area contributed by atoms with E-state index in [9.17, 15) is 9.90 Å². The molecular formula is C20H24N2O3S. The summed E-state index contributed by atoms with van der Waals surface area (Å²) in [5.41, 5.74) is 3.08. The van der Waals surface area contributed by atoms with Crippen LogP contribution in [-0.2, 0) is 16.1 Å². The van der Waals surface area contributed by atoms with Crippen LogP contribution in [0, 0.1) is 0 Å². The first kappa shape index (κ1) is 18.8. The molecule has 2 N–H and O–H groups in total. The number of carbonyl (C=O) groups is 1. The smallest absolute Gasteiger partial charge is 0.244 e. The van der Waals surface area contributed by atoms with Gasteiger partial charge in [0.25, 0.3) is 0 Å². The summed E-state index contributed by atoms with van der Waals surface area (Å²) >= 11 is 1.59. The molecule has 1 atom stereocenters. The van der Waals surface area contributed by atoms with Crippen molar-refractivity contribution in [3.63, 3.8) is 0 Å². The van der Waals surface area contributed by atoms with Crippen LogP contribution in [-0.4, -0.2) is 48.8 Å². The summed E-state index contributed by atoms with van der Waals surface area (Å²) < 4.78 is 5.38. The lowest BCUT2D eigenvalue weighted by molar-refractivity contribution is -0.117. The first-order chi connectivity index (χ1) is 12.7. The van der Waals surface area contributed by atoms with Gasteiger partial charge in [-0.25, -0.2) is 0 Å². The number of thiophene rings is 1. The predicted molar refractivity (Wildman–Crippen MR) is 104 cm³/mol. The standard InChI is InChI=1S/C20H24N2O3S/c23-14-19(21-20(24)5-4-16-6-11-26-15-16)18-3-1-2-17(12-18)13-22-7-9-25-10-8-22/h1-6,11-12,15,19,23H,7-10,13-14H2,(H,21,24)/b5-4-/t19-/m0/s1. The third-order valence-corrected chi connectivity index (χ3v) is 5.03. The van der Waals surface area contributed by atoms with Gasteiger partial charge in [-0.15, -0.1) is 0 Å². The van der Waals surface area contributed by atoms with Crippen molar-refractivity contribution >= 4 is 23.3 Å². The van der Waals surface area contributed by atoms with Crippen molar-refractivity contribution in [1.82, 2.24) is 10.2 Å². The minimum atomic E-state index is -0.417. The maximum Gasteiger partial charge on any atom is 0.244 e. The molecule has 1 aliphatic rings. The van der Waals surface area contributed by atoms with E-state index in [0.717, 1.165) is 44.0 Å². The topological polar surface area (TPSA) is 61.8 Å². The lowest BCUT2D eigenvalue weighted by Gasteiger charge is -2.27. The molecule has 138 valence electrons. The maximum atomic E-state index is 12.2. The molecule has 26 heavy (non-hydrogen) atoms. The molecule has 3 rings (SSSR count). The molecule has 6 heteroatoms. The Labute approximate surface area is 157 Å². The van der Waals surface area contributed by atoms with E-state index in [1.54, 1.807) is 17.4 Å². The fourth-order valence-electron chi connectivity index (χ4n) is 2.92. The van der Waals surface area contributed by atoms with Crippen molar-refractivity contribution in [2.24, 2.45) is 0 Å². The molecule has 1 amide bonds. The van der Waals surface area contributed by atoms with Gasteiger partial charge < -0.3 is 15.2 Å². The number of benzene rings is 1. The van der Waals surface area contributed by atoms with E-state index in [1.807, 2.05) is 29.0 Å². The van der Waals surface area contributed by atoms with E-state index in [1.165, 1.54) is 11.6 Å². The van der Waals surface area contributed by atoms with Crippen molar-refractivity contribution in [3.8, 4) is 0 Å². The maximum absolute atomic E-state index is 12.2. The highest BCUT2D eigenvalue weighted by atomic mass is 32.1. The van der Waals surface area contributed by atoms with Gasteiger partial charge in [-0.1, -0.05) is 24.3 Å². The molecule has 0 radical (unpaired) electrons. The van der Waals surface area contributed by atoms with E-state index in [-0.39, 0.29) is 12.5 Å². The summed E-state index contributed by atoms with van der Waals surface area (Å²) in [6, 6.07) is 9.57. The first-order valence-corrected chi connectivity index (χ1v) is 9.69. The number of morpholine rings is 1. The Kier molecular flexibility index (Phi) is 6.96. The Morgan fingerprint density at radius 3 is 2.92 bits per heavy atom. The zero-order valence-corrected chi connectivity index (χ0v) is 15.5. The molecule has 0 spiro atoms. The minimum absolute atomic E-state index is 0.140. The van der Waals surface area contributed by atoms with Gasteiger partial charge in [0, 0.05) is 25.7 Å². The number of rotatable bonds is 7. The van der Waals surface area contributed by atoms with Crippen LogP contribution in [0.4, 0.5) is 0 Å². The molecule has 2 aromatic rings. The third kappa shape index (κ3) is 5.51. The van der Waals surface area contributed by atoms with Crippen molar-refractivity contribution < 1.29 is 14.6 Å². The summed E-state index contributed by atoms with van der Waals surface area (Å²) in [7, 11) is 0. The Bertz CT molecular complexity index is 724. The minimum Gasteiger partial charge on any atom is -0.394 e. The highest BCUT2D eigenvalue weighted by Gasteiger charge is 2.15. The van der Waals surface area contributed by atoms with E-state index in [2.05, 4.69) is 22.3 Å². The molecule has 1 aromatic carbocycles. The number of amides is 1. The highest BCUT2D eigenvalue weighted by Crippen LogP contribution is 2.17. The highest BCUT2D eigenvalue weighted by molar-refractivity contribution is 7.08. The average Bonchev–Trinajstić information content (AvgIpc) is 3.19. The Hall–Kier alpha value is -1.99. The lowest BCUT2D eigenvalue weighted by atomic mass is 10.0. The predicted octanol–water partition coefficient (Wildman–Crippen LogP) is 2.44. The lowest BCUT2D eigenvalue weighted by Crippen LogP contribution is -2.35. The molecule has 0 unspecified atom stereocenters. The van der Waals surface area contributed by atoms with Crippen LogP contribution in [0.1, 0.15) is 22.7 Å². The second kappa shape index (κ2) is 9.64. The van der Waals surface area contributed by atoms with Crippen molar-refractivity contribution in [2.45, 2.75) is 12.6 Å². The summed E-state index contributed by atoms with van der Waals surface area (Å²) in [6.07, 6.45) is 3.28. The van der Waals surface area contributed by atoms with E-state index in [0.29, 0.717) is 0 Å². The third-order valence-electron chi connectivity index (χ3n) is 4.33. The molecule has 2 heterocycles. The number of nitrogens with one attached hydrogen (secondary N) is 1. The van der Waals surface area contributed by atoms with Crippen LogP contribution in [0.3, 0.4) is 0 Å². The zero-order valence-electron chi connectivity index (χ0n) is 14.6. The molecule has 1 saturated heterocycles. The Morgan fingerprint density at radius 2 is 2.19 bits per heavy atom. The first-order valence-electron chi connectivity index (χ1n) is 8.75. The molecule has 1 fully saturated rings. The Morgan fingerprint density at radius 1 is 1.35 bits per heavy atom. The molecule has 1 aromatic heterocycles. The van der Waals surface area contributed by atoms with Crippen LogP contribution >= 0.6 is 11.3 Å². The number of aliphatic hydroxyl groups is 1. The zero-order chi connectivity index (χ0) is 18.2. The molecule has 0 aliphatic carbocycles. The van der Waals surface area contributed by atoms with E-state index >= 15 is 0 Å². The monoisotopic (exact) mass is 372 g/mol. The number of nitrogens with zero attached hydrogens (tertiary/aromatic N) is 1. The van der Waals surface area contributed by atoms with E-state index < -0.39 is 6.04 Å². The van der Waals surface area contributed by atoms with Crippen LogP contribution in [0.15, 0.2) is 47.2 Å². The van der Waals surface area contributed by atoms with Gasteiger partial charge in [-0.2, -0.15) is 11.3 Å². The fraction of sp³-hybridized carbons (Fsp3) is 0.350. The van der Waals surface area contributed by atoms with E-state index in [4.69, 9.17) is 4.74 Å². The molecule has 5 nitrogen and oxygen atoms in total. The summed E-state index contributed by atoms with van der Waals surface area (Å²) in [5.74, 6) is -0.214. The largest absolute Gasteiger partial charge is 0.394 e. The molecule has 1 aliphatic heterocycles. The average molecular weight is 372 g/mol. The Balaban J connectivity index is 1.61.